The standard InChI is InChI=1S/C60H86O20/c1-27-16-41-43(21-48-54(77-41)29(3)52(66)58-55(78-48)28(2)30(4)60(80-58)24-33(64)26-68-60)73-45-23-51-59(5,79-46(45)17-27)50(65)22-44-36(75-51)9-7-6-8-35-37(72-44)12-13-39-38(70-35)14-15-40-42(71-39)20-49-57(76-40)53(67)56-47(74-49)19-32(63)18-34(69-56)11-10-31(62)25-61/h6-7,10-15,27-31,33-58,61-62,64-67H,8-9,16-26H2,1-5H3/b7-6-,11-10-. The molecule has 13 aliphatic rings. The highest BCUT2D eigenvalue weighted by molar-refractivity contribution is 5.80. The number of carbonyl (C=O) groups excluding carboxylic acids is 1. The predicted octanol–water partition coefficient (Wildman–Crippen LogP) is 2.37. The number of ether oxygens (including phenoxy) is 13. The Morgan fingerprint density at radius 3 is 1.96 bits per heavy atom. The molecule has 446 valence electrons. The Balaban J connectivity index is 0.678. The fraction of sp³-hybridized carbons (Fsp3) is 0.850. The largest absolute Gasteiger partial charge is 0.393 e. The van der Waals surface area contributed by atoms with Crippen LogP contribution in [0.15, 0.2) is 48.6 Å². The first-order valence-corrected chi connectivity index (χ1v) is 30.2. The fourth-order valence-electron chi connectivity index (χ4n) is 16.1. The number of ketones is 1. The Labute approximate surface area is 468 Å². The second kappa shape index (κ2) is 22.6. The molecule has 0 bridgehead atoms. The molecule has 33 unspecified atom stereocenters. The van der Waals surface area contributed by atoms with Crippen LogP contribution in [0.4, 0.5) is 0 Å². The number of hydrogen-bond acceptors (Lipinski definition) is 20. The van der Waals surface area contributed by atoms with Gasteiger partial charge in [-0.05, 0) is 44.4 Å². The first-order chi connectivity index (χ1) is 38.4. The number of aliphatic hydroxyl groups is 6. The molecular formula is C60H86O20. The molecule has 13 aliphatic heterocycles. The molecule has 10 fully saturated rings. The number of aliphatic hydroxyl groups excluding tert-OH is 6. The Kier molecular flexibility index (Phi) is 16.1. The number of rotatable bonds is 3. The summed E-state index contributed by atoms with van der Waals surface area (Å²) in [6.45, 7) is 10.2. The van der Waals surface area contributed by atoms with Gasteiger partial charge in [0.1, 0.15) is 60.2 Å². The molecule has 1 spiro atoms. The third-order valence-electron chi connectivity index (χ3n) is 20.8. The maximum atomic E-state index is 13.1. The van der Waals surface area contributed by atoms with Gasteiger partial charge in [-0.15, -0.1) is 0 Å². The zero-order valence-corrected chi connectivity index (χ0v) is 46.6. The summed E-state index contributed by atoms with van der Waals surface area (Å²) in [6.07, 6.45) is 4.12. The summed E-state index contributed by atoms with van der Waals surface area (Å²) in [5.74, 6) is -1.33. The zero-order chi connectivity index (χ0) is 55.5. The minimum atomic E-state index is -1.10. The van der Waals surface area contributed by atoms with Gasteiger partial charge in [0.05, 0.1) is 129 Å². The predicted molar refractivity (Wildman–Crippen MR) is 280 cm³/mol. The van der Waals surface area contributed by atoms with Crippen LogP contribution in [0.5, 0.6) is 0 Å². The Morgan fingerprint density at radius 2 is 1.20 bits per heavy atom. The van der Waals surface area contributed by atoms with Crippen molar-refractivity contribution >= 4 is 5.78 Å². The second-order valence-electron chi connectivity index (χ2n) is 26.2. The van der Waals surface area contributed by atoms with Crippen LogP contribution >= 0.6 is 0 Å². The van der Waals surface area contributed by atoms with E-state index in [-0.39, 0.29) is 91.9 Å². The molecule has 10 saturated heterocycles. The summed E-state index contributed by atoms with van der Waals surface area (Å²) >= 11 is 0. The first-order valence-electron chi connectivity index (χ1n) is 30.2. The molecule has 0 amide bonds. The fourth-order valence-corrected chi connectivity index (χ4v) is 16.1. The molecule has 20 heteroatoms. The first kappa shape index (κ1) is 57.0. The van der Waals surface area contributed by atoms with Gasteiger partial charge in [-0.3, -0.25) is 4.79 Å². The summed E-state index contributed by atoms with van der Waals surface area (Å²) in [5, 5.41) is 65.9. The van der Waals surface area contributed by atoms with Crippen molar-refractivity contribution in [2.45, 2.75) is 281 Å². The summed E-state index contributed by atoms with van der Waals surface area (Å²) in [7, 11) is 0. The van der Waals surface area contributed by atoms with E-state index < -0.39 is 146 Å². The maximum Gasteiger partial charge on any atom is 0.174 e. The minimum Gasteiger partial charge on any atom is -0.393 e. The number of carbonyl (C=O) groups is 1. The number of Topliss-reactive ketones (excluding diaryl/α,β-unsaturated/α-hetero) is 1. The van der Waals surface area contributed by atoms with Crippen molar-refractivity contribution in [3.63, 3.8) is 0 Å². The van der Waals surface area contributed by atoms with Crippen LogP contribution in [0.2, 0.25) is 0 Å². The molecule has 13 heterocycles. The highest BCUT2D eigenvalue weighted by atomic mass is 16.7. The van der Waals surface area contributed by atoms with Gasteiger partial charge in [-0.1, -0.05) is 76.3 Å². The van der Waals surface area contributed by atoms with Crippen molar-refractivity contribution in [3.8, 4) is 0 Å². The molecule has 20 nitrogen and oxygen atoms in total. The van der Waals surface area contributed by atoms with Crippen LogP contribution in [-0.2, 0) is 66.4 Å². The van der Waals surface area contributed by atoms with Crippen LogP contribution < -0.4 is 0 Å². The van der Waals surface area contributed by atoms with E-state index in [0.717, 1.165) is 6.42 Å². The smallest absolute Gasteiger partial charge is 0.174 e. The normalized spacial score (nSPS) is 56.5. The lowest BCUT2D eigenvalue weighted by molar-refractivity contribution is -0.339. The molecule has 0 aromatic rings. The molecule has 33 atom stereocenters. The summed E-state index contributed by atoms with van der Waals surface area (Å²) < 4.78 is 88.7. The molecule has 13 rings (SSSR count). The number of hydrogen-bond donors (Lipinski definition) is 6. The SMILES string of the molecule is CC1CC2OC3C(CC2OC2CC4OC5C/C=C\CC6OC7C=CC8OC9C(CC8OC7C=CC6OC5CC(O)C4(C)OC2C1)OC1CC(=O)CC(/C=C\C(O)CO)OC1C9O)OC1C(C)C(C)C2(CC(O)CO2)OC1C(O)C3C. The van der Waals surface area contributed by atoms with Crippen LogP contribution in [0.3, 0.4) is 0 Å². The van der Waals surface area contributed by atoms with Crippen molar-refractivity contribution in [1.82, 2.24) is 0 Å². The van der Waals surface area contributed by atoms with Crippen LogP contribution in [-0.4, -0.2) is 226 Å². The third-order valence-corrected chi connectivity index (χ3v) is 20.8. The summed E-state index contributed by atoms with van der Waals surface area (Å²) in [5.41, 5.74) is -1.06. The van der Waals surface area contributed by atoms with E-state index in [2.05, 4.69) is 32.9 Å². The topological polar surface area (TPSA) is 258 Å². The van der Waals surface area contributed by atoms with E-state index in [1.165, 1.54) is 6.08 Å². The number of fused-ring (bicyclic) bond motifs is 11. The van der Waals surface area contributed by atoms with Crippen molar-refractivity contribution in [2.24, 2.45) is 23.7 Å². The third kappa shape index (κ3) is 10.5. The summed E-state index contributed by atoms with van der Waals surface area (Å²) in [4.78, 5) is 13.1. The average molecular weight is 1130 g/mol. The molecule has 0 saturated carbocycles. The van der Waals surface area contributed by atoms with Gasteiger partial charge in [-0.2, -0.15) is 0 Å². The maximum absolute atomic E-state index is 13.1. The van der Waals surface area contributed by atoms with Crippen molar-refractivity contribution in [2.75, 3.05) is 13.2 Å². The van der Waals surface area contributed by atoms with Gasteiger partial charge in [-0.25, -0.2) is 0 Å². The van der Waals surface area contributed by atoms with Gasteiger partial charge >= 0.3 is 0 Å². The van der Waals surface area contributed by atoms with Crippen LogP contribution in [0.25, 0.3) is 0 Å². The molecular weight excluding hydrogens is 1040 g/mol. The minimum absolute atomic E-state index is 0.0384. The molecule has 0 aliphatic carbocycles. The molecule has 0 radical (unpaired) electrons. The quantitative estimate of drug-likeness (QED) is 0.222. The van der Waals surface area contributed by atoms with E-state index in [4.69, 9.17) is 61.6 Å². The van der Waals surface area contributed by atoms with E-state index in [1.54, 1.807) is 6.08 Å². The van der Waals surface area contributed by atoms with Crippen LogP contribution in [0, 0.1) is 23.7 Å². The molecule has 80 heavy (non-hydrogen) atoms. The highest BCUT2D eigenvalue weighted by Gasteiger charge is 2.63. The van der Waals surface area contributed by atoms with E-state index in [1.807, 2.05) is 38.2 Å². The van der Waals surface area contributed by atoms with E-state index in [0.29, 0.717) is 44.9 Å². The van der Waals surface area contributed by atoms with Gasteiger partial charge in [0, 0.05) is 56.8 Å². The Bertz CT molecular complexity index is 2340. The summed E-state index contributed by atoms with van der Waals surface area (Å²) in [6, 6.07) is 0. The Morgan fingerprint density at radius 1 is 0.575 bits per heavy atom. The lowest BCUT2D eigenvalue weighted by Gasteiger charge is -2.53. The van der Waals surface area contributed by atoms with Gasteiger partial charge in [0.25, 0.3) is 0 Å². The average Bonchev–Trinajstić information content (AvgIpc) is 3.51. The Hall–Kier alpha value is -2.13. The van der Waals surface area contributed by atoms with Gasteiger partial charge in [0.15, 0.2) is 5.79 Å². The van der Waals surface area contributed by atoms with E-state index >= 15 is 0 Å². The molecule has 0 aromatic carbocycles. The van der Waals surface area contributed by atoms with Crippen molar-refractivity contribution in [3.05, 3.63) is 48.6 Å². The van der Waals surface area contributed by atoms with Crippen molar-refractivity contribution < 1.29 is 97.0 Å². The second-order valence-corrected chi connectivity index (χ2v) is 26.2. The highest BCUT2D eigenvalue weighted by Crippen LogP contribution is 2.52. The van der Waals surface area contributed by atoms with E-state index in [9.17, 15) is 35.4 Å². The monoisotopic (exact) mass is 1130 g/mol. The lowest BCUT2D eigenvalue weighted by atomic mass is 9.75. The van der Waals surface area contributed by atoms with Gasteiger partial charge in [0.2, 0.25) is 0 Å². The van der Waals surface area contributed by atoms with Crippen LogP contribution in [0.1, 0.15) is 105 Å². The molecule has 0 aromatic heterocycles. The molecule has 6 N–H and O–H groups in total. The lowest BCUT2D eigenvalue weighted by Crippen LogP contribution is -2.64. The zero-order valence-electron chi connectivity index (χ0n) is 46.6. The van der Waals surface area contributed by atoms with Gasteiger partial charge < -0.3 is 92.2 Å². The van der Waals surface area contributed by atoms with Crippen molar-refractivity contribution in [1.29, 1.82) is 0 Å².